The molecule has 0 aromatic carbocycles. The van der Waals surface area contributed by atoms with Gasteiger partial charge in [-0.3, -0.25) is 0 Å². The number of hydrogen-bond acceptors (Lipinski definition) is 5. The number of rotatable bonds is 4. The molecule has 0 unspecified atom stereocenters. The summed E-state index contributed by atoms with van der Waals surface area (Å²) in [6.45, 7) is 1.20. The maximum Gasteiger partial charge on any atom is 0.419 e. The molecule has 1 saturated heterocycles. The molecule has 0 amide bonds. The van der Waals surface area contributed by atoms with Gasteiger partial charge in [-0.25, -0.2) is 4.98 Å². The van der Waals surface area contributed by atoms with E-state index < -0.39 is 11.7 Å². The van der Waals surface area contributed by atoms with Crippen molar-refractivity contribution >= 4 is 11.6 Å². The number of alkyl halides is 3. The molecule has 2 aromatic heterocycles. The van der Waals surface area contributed by atoms with Gasteiger partial charge in [-0.05, 0) is 37.1 Å². The van der Waals surface area contributed by atoms with E-state index in [1.807, 2.05) is 17.0 Å². The summed E-state index contributed by atoms with van der Waals surface area (Å²) in [5.74, 6) is 1.29. The van der Waals surface area contributed by atoms with Crippen molar-refractivity contribution in [3.63, 3.8) is 0 Å². The van der Waals surface area contributed by atoms with E-state index in [0.717, 1.165) is 17.6 Å². The minimum Gasteiger partial charge on any atom is -0.353 e. The maximum atomic E-state index is 13.1. The molecule has 1 aliphatic heterocycles. The first-order chi connectivity index (χ1) is 11.9. The molecular formula is C17H18F3N5. The molecule has 0 N–H and O–H groups in total. The van der Waals surface area contributed by atoms with E-state index in [1.165, 1.54) is 25.1 Å². The van der Waals surface area contributed by atoms with Crippen LogP contribution in [0.1, 0.15) is 30.0 Å². The number of pyridine rings is 1. The molecule has 0 bridgehead atoms. The number of aromatic nitrogens is 3. The minimum atomic E-state index is -4.41. The average molecular weight is 349 g/mol. The molecule has 1 aliphatic carbocycles. The molecule has 2 aromatic rings. The second kappa shape index (κ2) is 5.86. The Bertz CT molecular complexity index is 752. The molecule has 0 spiro atoms. The lowest BCUT2D eigenvalue weighted by molar-refractivity contribution is -0.137. The Morgan fingerprint density at radius 1 is 1.12 bits per heavy atom. The van der Waals surface area contributed by atoms with Crippen LogP contribution in [0.15, 0.2) is 30.5 Å². The third kappa shape index (κ3) is 3.12. The fourth-order valence-corrected chi connectivity index (χ4v) is 3.06. The molecule has 2 fully saturated rings. The van der Waals surface area contributed by atoms with Crippen molar-refractivity contribution in [3.05, 3.63) is 41.7 Å². The van der Waals surface area contributed by atoms with Gasteiger partial charge in [0.2, 0.25) is 0 Å². The number of hydrogen-bond donors (Lipinski definition) is 0. The normalized spacial score (nSPS) is 18.2. The zero-order valence-electron chi connectivity index (χ0n) is 13.7. The summed E-state index contributed by atoms with van der Waals surface area (Å²) in [7, 11) is 1.65. The van der Waals surface area contributed by atoms with Crippen molar-refractivity contribution in [1.29, 1.82) is 0 Å². The highest BCUT2D eigenvalue weighted by molar-refractivity contribution is 5.52. The number of likely N-dealkylation sites (N-methyl/N-ethyl adjacent to an activating group) is 1. The minimum absolute atomic E-state index is 0.0326. The predicted molar refractivity (Wildman–Crippen MR) is 87.7 cm³/mol. The predicted octanol–water partition coefficient (Wildman–Crippen LogP) is 3.09. The molecular weight excluding hydrogens is 331 g/mol. The highest BCUT2D eigenvalue weighted by Crippen LogP contribution is 2.39. The van der Waals surface area contributed by atoms with Crippen molar-refractivity contribution in [2.24, 2.45) is 0 Å². The van der Waals surface area contributed by atoms with Gasteiger partial charge in [0.15, 0.2) is 5.82 Å². The van der Waals surface area contributed by atoms with Crippen molar-refractivity contribution < 1.29 is 13.2 Å². The summed E-state index contributed by atoms with van der Waals surface area (Å²) >= 11 is 0. The Labute approximate surface area is 143 Å². The molecule has 5 nitrogen and oxygen atoms in total. The molecule has 132 valence electrons. The van der Waals surface area contributed by atoms with Gasteiger partial charge in [-0.15, -0.1) is 5.10 Å². The SMILES string of the molecule is CN(c1ncccc1C(F)(F)F)C1CN(c2ccc(C3CC3)nn2)C1. The van der Waals surface area contributed by atoms with Crippen LogP contribution in [0.3, 0.4) is 0 Å². The highest BCUT2D eigenvalue weighted by Gasteiger charge is 2.39. The van der Waals surface area contributed by atoms with Crippen LogP contribution in [0.4, 0.5) is 24.8 Å². The van der Waals surface area contributed by atoms with Gasteiger partial charge in [0.1, 0.15) is 5.82 Å². The van der Waals surface area contributed by atoms with Crippen molar-refractivity contribution in [1.82, 2.24) is 15.2 Å². The van der Waals surface area contributed by atoms with Crippen LogP contribution in [0.25, 0.3) is 0 Å². The van der Waals surface area contributed by atoms with Crippen LogP contribution in [0.2, 0.25) is 0 Å². The number of anilines is 2. The van der Waals surface area contributed by atoms with Gasteiger partial charge in [0.25, 0.3) is 0 Å². The van der Waals surface area contributed by atoms with E-state index in [4.69, 9.17) is 0 Å². The van der Waals surface area contributed by atoms with Gasteiger partial charge in [-0.2, -0.15) is 18.3 Å². The quantitative estimate of drug-likeness (QED) is 0.849. The molecule has 0 atom stereocenters. The van der Waals surface area contributed by atoms with Crippen molar-refractivity contribution in [2.45, 2.75) is 31.0 Å². The molecule has 4 rings (SSSR count). The van der Waals surface area contributed by atoms with E-state index in [0.29, 0.717) is 19.0 Å². The van der Waals surface area contributed by atoms with Crippen LogP contribution >= 0.6 is 0 Å². The van der Waals surface area contributed by atoms with Crippen molar-refractivity contribution in [2.75, 3.05) is 29.9 Å². The third-order valence-electron chi connectivity index (χ3n) is 4.83. The Kier molecular flexibility index (Phi) is 3.77. The van der Waals surface area contributed by atoms with Gasteiger partial charge in [0, 0.05) is 32.3 Å². The van der Waals surface area contributed by atoms with Crippen LogP contribution in [-0.4, -0.2) is 41.4 Å². The summed E-state index contributed by atoms with van der Waals surface area (Å²) in [4.78, 5) is 7.56. The van der Waals surface area contributed by atoms with E-state index in [2.05, 4.69) is 15.2 Å². The lowest BCUT2D eigenvalue weighted by Crippen LogP contribution is -2.59. The first-order valence-electron chi connectivity index (χ1n) is 8.27. The summed E-state index contributed by atoms with van der Waals surface area (Å²) < 4.78 is 39.4. The molecule has 1 saturated carbocycles. The highest BCUT2D eigenvalue weighted by atomic mass is 19.4. The lowest BCUT2D eigenvalue weighted by atomic mass is 10.1. The fraction of sp³-hybridized carbons (Fsp3) is 0.471. The maximum absolute atomic E-state index is 13.1. The smallest absolute Gasteiger partial charge is 0.353 e. The van der Waals surface area contributed by atoms with Gasteiger partial charge in [-0.1, -0.05) is 0 Å². The Morgan fingerprint density at radius 3 is 2.48 bits per heavy atom. The van der Waals surface area contributed by atoms with Crippen molar-refractivity contribution in [3.8, 4) is 0 Å². The fourth-order valence-electron chi connectivity index (χ4n) is 3.06. The van der Waals surface area contributed by atoms with E-state index >= 15 is 0 Å². The average Bonchev–Trinajstić information content (AvgIpc) is 3.38. The summed E-state index contributed by atoms with van der Waals surface area (Å²) in [6.07, 6.45) is -0.669. The van der Waals surface area contributed by atoms with Gasteiger partial charge >= 0.3 is 6.18 Å². The Morgan fingerprint density at radius 2 is 1.88 bits per heavy atom. The Balaban J connectivity index is 1.43. The second-order valence-corrected chi connectivity index (χ2v) is 6.63. The molecule has 0 radical (unpaired) electrons. The number of nitrogens with zero attached hydrogens (tertiary/aromatic N) is 5. The van der Waals surface area contributed by atoms with Crippen LogP contribution in [-0.2, 0) is 6.18 Å². The molecule has 8 heteroatoms. The zero-order chi connectivity index (χ0) is 17.6. The van der Waals surface area contributed by atoms with E-state index in [9.17, 15) is 13.2 Å². The van der Waals surface area contributed by atoms with Gasteiger partial charge < -0.3 is 9.80 Å². The molecule has 25 heavy (non-hydrogen) atoms. The van der Waals surface area contributed by atoms with Gasteiger partial charge in [0.05, 0.1) is 17.3 Å². The third-order valence-corrected chi connectivity index (χ3v) is 4.83. The topological polar surface area (TPSA) is 45.2 Å². The lowest BCUT2D eigenvalue weighted by Gasteiger charge is -2.45. The van der Waals surface area contributed by atoms with E-state index in [1.54, 1.807) is 11.9 Å². The summed E-state index contributed by atoms with van der Waals surface area (Å²) in [5.41, 5.74) is 0.325. The largest absolute Gasteiger partial charge is 0.419 e. The first-order valence-corrected chi connectivity index (χ1v) is 8.27. The summed E-state index contributed by atoms with van der Waals surface area (Å²) in [6, 6.07) is 6.28. The summed E-state index contributed by atoms with van der Waals surface area (Å²) in [5, 5.41) is 8.50. The number of halogens is 3. The molecule has 2 aliphatic rings. The first kappa shape index (κ1) is 16.1. The van der Waals surface area contributed by atoms with E-state index in [-0.39, 0.29) is 11.9 Å². The zero-order valence-corrected chi connectivity index (χ0v) is 13.7. The van der Waals surface area contributed by atoms with Crippen LogP contribution in [0.5, 0.6) is 0 Å². The second-order valence-electron chi connectivity index (χ2n) is 6.63. The monoisotopic (exact) mass is 349 g/mol. The Hall–Kier alpha value is -2.38. The van der Waals surface area contributed by atoms with Crippen LogP contribution < -0.4 is 9.80 Å². The van der Waals surface area contributed by atoms with Crippen LogP contribution in [0, 0.1) is 0 Å². The molecule has 3 heterocycles. The standard InChI is InChI=1S/C17H18F3N5/c1-24(16-13(17(18,19)20)3-2-8-21-16)12-9-25(10-12)15-7-6-14(22-23-15)11-4-5-11/h2-3,6-8,11-12H,4-5,9-10H2,1H3.